The number of nitrogens with zero attached hydrogens (tertiary/aromatic N) is 3. The topological polar surface area (TPSA) is 61.9 Å². The Morgan fingerprint density at radius 1 is 1.33 bits per heavy atom. The van der Waals surface area contributed by atoms with Crippen LogP contribution in [0.2, 0.25) is 0 Å². The van der Waals surface area contributed by atoms with E-state index in [1.54, 1.807) is 6.20 Å². The third-order valence-corrected chi connectivity index (χ3v) is 4.65. The van der Waals surface area contributed by atoms with Gasteiger partial charge in [0, 0.05) is 35.9 Å². The smallest absolute Gasteiger partial charge is 0.227 e. The quantitative estimate of drug-likeness (QED) is 0.806. The number of carbonyl (C=O) groups is 1. The number of H-pyrrole nitrogens is 1. The Bertz CT molecular complexity index is 899. The number of fused-ring (bicyclic) bond motifs is 2. The van der Waals surface area contributed by atoms with Gasteiger partial charge in [0.15, 0.2) is 5.65 Å². The average molecular weight is 320 g/mol. The van der Waals surface area contributed by atoms with Crippen molar-refractivity contribution in [2.24, 2.45) is 0 Å². The van der Waals surface area contributed by atoms with Gasteiger partial charge in [0.25, 0.3) is 0 Å². The van der Waals surface area contributed by atoms with Crippen LogP contribution < -0.4 is 4.90 Å². The van der Waals surface area contributed by atoms with Gasteiger partial charge in [-0.05, 0) is 49.9 Å². The van der Waals surface area contributed by atoms with E-state index in [9.17, 15) is 4.79 Å². The van der Waals surface area contributed by atoms with Gasteiger partial charge in [0.1, 0.15) is 0 Å². The third kappa shape index (κ3) is 2.66. The van der Waals surface area contributed by atoms with E-state index in [1.165, 1.54) is 11.1 Å². The molecule has 0 fully saturated rings. The van der Waals surface area contributed by atoms with Crippen LogP contribution >= 0.6 is 0 Å². The molecule has 1 aliphatic rings. The van der Waals surface area contributed by atoms with E-state index in [1.807, 2.05) is 17.0 Å². The number of carbonyl (C=O) groups excluding carboxylic acids is 1. The second-order valence-electron chi connectivity index (χ2n) is 6.36. The van der Waals surface area contributed by atoms with Crippen LogP contribution in [0.1, 0.15) is 29.7 Å². The lowest BCUT2D eigenvalue weighted by molar-refractivity contribution is -0.118. The summed E-state index contributed by atoms with van der Waals surface area (Å²) in [4.78, 5) is 18.9. The van der Waals surface area contributed by atoms with Crippen LogP contribution in [-0.2, 0) is 17.6 Å². The first-order chi connectivity index (χ1) is 11.7. The van der Waals surface area contributed by atoms with Crippen LogP contribution in [0.15, 0.2) is 36.5 Å². The summed E-state index contributed by atoms with van der Waals surface area (Å²) in [7, 11) is 0. The van der Waals surface area contributed by atoms with E-state index in [-0.39, 0.29) is 5.91 Å². The Balaban J connectivity index is 1.51. The molecule has 5 nitrogen and oxygen atoms in total. The second kappa shape index (κ2) is 6.07. The molecule has 3 heterocycles. The molecule has 1 aliphatic heterocycles. The number of pyridine rings is 1. The monoisotopic (exact) mass is 320 g/mol. The predicted octanol–water partition coefficient (Wildman–Crippen LogP) is 3.18. The van der Waals surface area contributed by atoms with Gasteiger partial charge in [0.05, 0.1) is 0 Å². The van der Waals surface area contributed by atoms with Crippen molar-refractivity contribution in [1.29, 1.82) is 0 Å². The Labute approximate surface area is 140 Å². The van der Waals surface area contributed by atoms with Crippen molar-refractivity contribution < 1.29 is 4.79 Å². The molecule has 0 radical (unpaired) electrons. The van der Waals surface area contributed by atoms with Gasteiger partial charge in [-0.3, -0.25) is 9.89 Å². The Hall–Kier alpha value is -2.69. The van der Waals surface area contributed by atoms with Crippen molar-refractivity contribution in [3.8, 4) is 0 Å². The van der Waals surface area contributed by atoms with Crippen LogP contribution in [0.25, 0.3) is 11.0 Å². The Kier molecular flexibility index (Phi) is 3.76. The van der Waals surface area contributed by atoms with Gasteiger partial charge in [0.2, 0.25) is 5.91 Å². The molecule has 0 aliphatic carbocycles. The fourth-order valence-corrected chi connectivity index (χ4v) is 3.44. The first kappa shape index (κ1) is 14.9. The van der Waals surface area contributed by atoms with Crippen molar-refractivity contribution in [3.05, 3.63) is 53.3 Å². The van der Waals surface area contributed by atoms with Gasteiger partial charge in [-0.1, -0.05) is 17.7 Å². The summed E-state index contributed by atoms with van der Waals surface area (Å²) in [5, 5.41) is 8.21. The highest BCUT2D eigenvalue weighted by molar-refractivity contribution is 5.95. The van der Waals surface area contributed by atoms with E-state index in [0.717, 1.165) is 36.2 Å². The summed E-state index contributed by atoms with van der Waals surface area (Å²) in [6.07, 6.45) is 4.93. The number of benzene rings is 1. The molecule has 0 atom stereocenters. The van der Waals surface area contributed by atoms with E-state index < -0.39 is 0 Å². The third-order valence-electron chi connectivity index (χ3n) is 4.65. The van der Waals surface area contributed by atoms with Crippen molar-refractivity contribution in [1.82, 2.24) is 15.2 Å². The fourth-order valence-electron chi connectivity index (χ4n) is 3.44. The summed E-state index contributed by atoms with van der Waals surface area (Å²) >= 11 is 0. The molecule has 5 heteroatoms. The Morgan fingerprint density at radius 2 is 2.25 bits per heavy atom. The van der Waals surface area contributed by atoms with Gasteiger partial charge in [-0.2, -0.15) is 5.10 Å². The summed E-state index contributed by atoms with van der Waals surface area (Å²) < 4.78 is 0. The van der Waals surface area contributed by atoms with E-state index in [2.05, 4.69) is 40.3 Å². The largest absolute Gasteiger partial charge is 0.312 e. The molecule has 2 aromatic heterocycles. The molecule has 0 bridgehead atoms. The minimum absolute atomic E-state index is 0.173. The molecule has 24 heavy (non-hydrogen) atoms. The first-order valence-corrected chi connectivity index (χ1v) is 8.40. The maximum Gasteiger partial charge on any atom is 0.227 e. The van der Waals surface area contributed by atoms with Gasteiger partial charge >= 0.3 is 0 Å². The van der Waals surface area contributed by atoms with Crippen LogP contribution in [-0.4, -0.2) is 27.6 Å². The number of rotatable bonds is 3. The molecule has 0 unspecified atom stereocenters. The Morgan fingerprint density at radius 3 is 3.17 bits per heavy atom. The van der Waals surface area contributed by atoms with Crippen LogP contribution in [0.4, 0.5) is 5.69 Å². The number of aryl methyl sites for hydroxylation is 3. The molecule has 0 saturated carbocycles. The normalized spacial score (nSPS) is 14.0. The molecule has 0 spiro atoms. The van der Waals surface area contributed by atoms with Crippen molar-refractivity contribution in [3.63, 3.8) is 0 Å². The molecule has 1 aromatic carbocycles. The molecular weight excluding hydrogens is 300 g/mol. The second-order valence-corrected chi connectivity index (χ2v) is 6.36. The number of hydrogen-bond acceptors (Lipinski definition) is 3. The lowest BCUT2D eigenvalue weighted by Crippen LogP contribution is -2.35. The molecule has 0 saturated heterocycles. The van der Waals surface area contributed by atoms with Gasteiger partial charge in [-0.15, -0.1) is 0 Å². The number of aromatic nitrogens is 3. The molecule has 1 amide bonds. The highest BCUT2D eigenvalue weighted by atomic mass is 16.2. The molecule has 1 N–H and O–H groups in total. The summed E-state index contributed by atoms with van der Waals surface area (Å²) in [6, 6.07) is 10.2. The lowest BCUT2D eigenvalue weighted by Gasteiger charge is -2.30. The fraction of sp³-hybridized carbons (Fsp3) is 0.316. The van der Waals surface area contributed by atoms with E-state index in [0.29, 0.717) is 18.5 Å². The number of amides is 1. The lowest BCUT2D eigenvalue weighted by atomic mass is 9.99. The minimum Gasteiger partial charge on any atom is -0.312 e. The predicted molar refractivity (Wildman–Crippen MR) is 94.1 cm³/mol. The maximum atomic E-state index is 12.8. The van der Waals surface area contributed by atoms with E-state index in [4.69, 9.17) is 0 Å². The van der Waals surface area contributed by atoms with Crippen LogP contribution in [0.3, 0.4) is 0 Å². The highest BCUT2D eigenvalue weighted by Gasteiger charge is 2.22. The first-order valence-electron chi connectivity index (χ1n) is 8.40. The van der Waals surface area contributed by atoms with Crippen molar-refractivity contribution >= 4 is 22.6 Å². The summed E-state index contributed by atoms with van der Waals surface area (Å²) in [5.74, 6) is 0.173. The maximum absolute atomic E-state index is 12.8. The molecule has 122 valence electrons. The number of hydrogen-bond donors (Lipinski definition) is 1. The summed E-state index contributed by atoms with van der Waals surface area (Å²) in [6.45, 7) is 2.90. The molecule has 3 aromatic rings. The van der Waals surface area contributed by atoms with Crippen LogP contribution in [0, 0.1) is 6.92 Å². The zero-order valence-electron chi connectivity index (χ0n) is 13.7. The average Bonchev–Trinajstić information content (AvgIpc) is 3.02. The van der Waals surface area contributed by atoms with Gasteiger partial charge < -0.3 is 4.90 Å². The van der Waals surface area contributed by atoms with Gasteiger partial charge in [-0.25, -0.2) is 4.98 Å². The SMILES string of the molecule is Cc1ccc2c(c1)CCCN2C(=O)CCc1[nH]nc2ncccc12. The molecule has 4 rings (SSSR count). The van der Waals surface area contributed by atoms with Crippen molar-refractivity contribution in [2.75, 3.05) is 11.4 Å². The van der Waals surface area contributed by atoms with Crippen molar-refractivity contribution in [2.45, 2.75) is 32.6 Å². The minimum atomic E-state index is 0.173. The number of aromatic amines is 1. The number of nitrogens with one attached hydrogen (secondary N) is 1. The molecular formula is C19H20N4O. The van der Waals surface area contributed by atoms with Crippen LogP contribution in [0.5, 0.6) is 0 Å². The zero-order chi connectivity index (χ0) is 16.5. The van der Waals surface area contributed by atoms with E-state index >= 15 is 0 Å². The zero-order valence-corrected chi connectivity index (χ0v) is 13.7. The standard InChI is InChI=1S/C19H20N4O/c1-13-6-8-17-14(12-13)4-3-11-23(17)18(24)9-7-16-15-5-2-10-20-19(15)22-21-16/h2,5-6,8,10,12H,3-4,7,9,11H2,1H3,(H,20,21,22). The summed E-state index contributed by atoms with van der Waals surface area (Å²) in [5.41, 5.74) is 5.30. The number of anilines is 1. The highest BCUT2D eigenvalue weighted by Crippen LogP contribution is 2.28.